The summed E-state index contributed by atoms with van der Waals surface area (Å²) in [5.41, 5.74) is 0.648. The number of aromatic nitrogens is 2. The van der Waals surface area contributed by atoms with Crippen molar-refractivity contribution in [3.05, 3.63) is 12.0 Å². The van der Waals surface area contributed by atoms with Crippen LogP contribution in [0.2, 0.25) is 0 Å². The Morgan fingerprint density at radius 2 is 2.55 bits per heavy atom. The molecular weight excluding hydrogens is 144 g/mol. The molecule has 0 spiro atoms. The molecule has 1 aliphatic rings. The van der Waals surface area contributed by atoms with Crippen molar-refractivity contribution in [1.29, 1.82) is 0 Å². The summed E-state index contributed by atoms with van der Waals surface area (Å²) in [6.07, 6.45) is 2.42. The molecule has 1 atom stereocenters. The van der Waals surface area contributed by atoms with Crippen LogP contribution in [0.1, 0.15) is 11.9 Å². The minimum Gasteiger partial charge on any atom is -0.368 e. The van der Waals surface area contributed by atoms with Crippen LogP contribution in [0.25, 0.3) is 0 Å². The van der Waals surface area contributed by atoms with Crippen LogP contribution in [-0.4, -0.2) is 33.4 Å². The normalized spacial score (nSPS) is 22.0. The predicted molar refractivity (Wildman–Crippen MR) is 39.5 cm³/mol. The Hall–Kier alpha value is -1.36. The van der Waals surface area contributed by atoms with Crippen molar-refractivity contribution < 1.29 is 5.11 Å². The number of aliphatic hydroxyl groups excluding tert-OH is 1. The number of fused-ring (bicyclic) bond motifs is 1. The number of hydrogen-bond donors (Lipinski definition) is 2. The molecule has 0 fully saturated rings. The fourth-order valence-corrected chi connectivity index (χ4v) is 1.00. The summed E-state index contributed by atoms with van der Waals surface area (Å²) in [4.78, 5) is 12.3. The molecule has 0 radical (unpaired) electrons. The average molecular weight is 152 g/mol. The summed E-state index contributed by atoms with van der Waals surface area (Å²) in [5, 5.41) is 9.48. The van der Waals surface area contributed by atoms with Crippen molar-refractivity contribution in [2.24, 2.45) is 4.99 Å². The maximum atomic E-state index is 9.48. The van der Waals surface area contributed by atoms with E-state index in [1.54, 1.807) is 18.3 Å². The lowest BCUT2D eigenvalue weighted by atomic mass is 10.3. The Balaban J connectivity index is 2.48. The summed E-state index contributed by atoms with van der Waals surface area (Å²) < 4.78 is 0. The van der Waals surface area contributed by atoms with E-state index in [-0.39, 0.29) is 0 Å². The first-order valence-electron chi connectivity index (χ1n) is 3.26. The van der Waals surface area contributed by atoms with Gasteiger partial charge in [0, 0.05) is 7.05 Å². The fraction of sp³-hybridized carbons (Fsp3) is 0.333. The molecule has 1 aliphatic heterocycles. The number of aliphatic hydroxyl groups is 1. The predicted octanol–water partition coefficient (Wildman–Crippen LogP) is 0.00580. The van der Waals surface area contributed by atoms with Crippen molar-refractivity contribution in [3.63, 3.8) is 0 Å². The van der Waals surface area contributed by atoms with Crippen molar-refractivity contribution in [1.82, 2.24) is 14.9 Å². The van der Waals surface area contributed by atoms with Crippen molar-refractivity contribution in [2.45, 2.75) is 6.23 Å². The van der Waals surface area contributed by atoms with Crippen LogP contribution >= 0.6 is 0 Å². The molecule has 11 heavy (non-hydrogen) atoms. The van der Waals surface area contributed by atoms with Gasteiger partial charge in [-0.05, 0) is 0 Å². The summed E-state index contributed by atoms with van der Waals surface area (Å²) in [5.74, 6) is 0.565. The number of nitrogens with one attached hydrogen (secondary N) is 1. The van der Waals surface area contributed by atoms with E-state index < -0.39 is 6.23 Å². The SMILES string of the molecule is CN1C=Nc2nc[nH]c2C1O. The minimum atomic E-state index is -0.648. The molecule has 2 heterocycles. The fourth-order valence-electron chi connectivity index (χ4n) is 1.00. The topological polar surface area (TPSA) is 64.5 Å². The Kier molecular flexibility index (Phi) is 1.19. The van der Waals surface area contributed by atoms with Crippen molar-refractivity contribution >= 4 is 12.2 Å². The standard InChI is InChI=1S/C6H8N4O/c1-10-3-9-5-4(6(10)11)7-2-8-5/h2-3,6,11H,1H3,(H,7,8). The third-order valence-corrected chi connectivity index (χ3v) is 1.65. The highest BCUT2D eigenvalue weighted by Gasteiger charge is 2.20. The van der Waals surface area contributed by atoms with E-state index in [1.807, 2.05) is 0 Å². The van der Waals surface area contributed by atoms with Gasteiger partial charge in [-0.2, -0.15) is 0 Å². The number of nitrogens with zero attached hydrogens (tertiary/aromatic N) is 3. The smallest absolute Gasteiger partial charge is 0.179 e. The zero-order valence-corrected chi connectivity index (χ0v) is 6.02. The molecule has 1 unspecified atom stereocenters. The zero-order chi connectivity index (χ0) is 7.84. The van der Waals surface area contributed by atoms with Gasteiger partial charge >= 0.3 is 0 Å². The third kappa shape index (κ3) is 0.813. The molecule has 5 nitrogen and oxygen atoms in total. The summed E-state index contributed by atoms with van der Waals surface area (Å²) in [6.45, 7) is 0. The van der Waals surface area contributed by atoms with Crippen LogP contribution in [0.5, 0.6) is 0 Å². The van der Waals surface area contributed by atoms with Gasteiger partial charge in [0.25, 0.3) is 0 Å². The van der Waals surface area contributed by atoms with Gasteiger partial charge in [0.15, 0.2) is 12.0 Å². The van der Waals surface area contributed by atoms with Crippen LogP contribution in [0.3, 0.4) is 0 Å². The lowest BCUT2D eigenvalue weighted by Gasteiger charge is -2.22. The van der Waals surface area contributed by atoms with Gasteiger partial charge in [-0.15, -0.1) is 0 Å². The maximum Gasteiger partial charge on any atom is 0.179 e. The molecule has 0 bridgehead atoms. The summed E-state index contributed by atoms with van der Waals surface area (Å²) in [6, 6.07) is 0. The van der Waals surface area contributed by atoms with E-state index in [4.69, 9.17) is 0 Å². The van der Waals surface area contributed by atoms with Gasteiger partial charge in [0.1, 0.15) is 5.69 Å². The molecule has 0 saturated heterocycles. The zero-order valence-electron chi connectivity index (χ0n) is 6.02. The van der Waals surface area contributed by atoms with Gasteiger partial charge in [0.2, 0.25) is 0 Å². The summed E-state index contributed by atoms with van der Waals surface area (Å²) in [7, 11) is 1.75. The Bertz CT molecular complexity index is 293. The van der Waals surface area contributed by atoms with Crippen molar-refractivity contribution in [3.8, 4) is 0 Å². The lowest BCUT2D eigenvalue weighted by Crippen LogP contribution is -2.25. The Labute approximate surface area is 63.4 Å². The number of aromatic amines is 1. The highest BCUT2D eigenvalue weighted by molar-refractivity contribution is 5.64. The van der Waals surface area contributed by atoms with Crippen LogP contribution in [-0.2, 0) is 0 Å². The number of aliphatic imine (C=N–C) groups is 1. The lowest BCUT2D eigenvalue weighted by molar-refractivity contribution is 0.0673. The van der Waals surface area contributed by atoms with E-state index in [0.29, 0.717) is 11.5 Å². The van der Waals surface area contributed by atoms with Gasteiger partial charge in [-0.25, -0.2) is 9.98 Å². The molecule has 2 rings (SSSR count). The van der Waals surface area contributed by atoms with Gasteiger partial charge < -0.3 is 15.0 Å². The third-order valence-electron chi connectivity index (χ3n) is 1.65. The van der Waals surface area contributed by atoms with Crippen LogP contribution < -0.4 is 0 Å². The monoisotopic (exact) mass is 152 g/mol. The Morgan fingerprint density at radius 3 is 3.36 bits per heavy atom. The highest BCUT2D eigenvalue weighted by atomic mass is 16.3. The molecule has 2 N–H and O–H groups in total. The molecule has 58 valence electrons. The second kappa shape index (κ2) is 2.06. The maximum absolute atomic E-state index is 9.48. The number of H-pyrrole nitrogens is 1. The second-order valence-electron chi connectivity index (χ2n) is 2.42. The van der Waals surface area contributed by atoms with Crippen LogP contribution in [0, 0.1) is 0 Å². The molecule has 1 aromatic rings. The first-order chi connectivity index (χ1) is 5.29. The van der Waals surface area contributed by atoms with Crippen LogP contribution in [0.15, 0.2) is 11.3 Å². The number of rotatable bonds is 0. The first kappa shape index (κ1) is 6.36. The first-order valence-corrected chi connectivity index (χ1v) is 3.26. The van der Waals surface area contributed by atoms with Crippen LogP contribution in [0.4, 0.5) is 5.82 Å². The van der Waals surface area contributed by atoms with E-state index in [0.717, 1.165) is 0 Å². The largest absolute Gasteiger partial charge is 0.368 e. The summed E-state index contributed by atoms with van der Waals surface area (Å²) >= 11 is 0. The van der Waals surface area contributed by atoms with E-state index in [1.165, 1.54) is 6.33 Å². The van der Waals surface area contributed by atoms with Crippen molar-refractivity contribution in [2.75, 3.05) is 7.05 Å². The van der Waals surface area contributed by atoms with Gasteiger partial charge in [-0.3, -0.25) is 0 Å². The second-order valence-corrected chi connectivity index (χ2v) is 2.42. The molecule has 0 amide bonds. The molecule has 1 aromatic heterocycles. The molecule has 0 saturated carbocycles. The van der Waals surface area contributed by atoms with Gasteiger partial charge in [0.05, 0.1) is 12.7 Å². The molecular formula is C6H8N4O. The average Bonchev–Trinajstić information content (AvgIpc) is 2.45. The van der Waals surface area contributed by atoms with E-state index in [9.17, 15) is 5.11 Å². The van der Waals surface area contributed by atoms with E-state index >= 15 is 0 Å². The molecule has 0 aromatic carbocycles. The molecule has 5 heteroatoms. The van der Waals surface area contributed by atoms with Gasteiger partial charge in [-0.1, -0.05) is 0 Å². The Morgan fingerprint density at radius 1 is 1.73 bits per heavy atom. The number of imidazole rings is 1. The van der Waals surface area contributed by atoms with E-state index in [2.05, 4.69) is 15.0 Å². The quantitative estimate of drug-likeness (QED) is 0.550. The minimum absolute atomic E-state index is 0.565. The number of hydrogen-bond acceptors (Lipinski definition) is 4. The molecule has 0 aliphatic carbocycles. The highest BCUT2D eigenvalue weighted by Crippen LogP contribution is 2.25.